The largest absolute Gasteiger partial charge is 0.481 e. The molecule has 1 heterocycles. The van der Waals surface area contributed by atoms with E-state index in [0.717, 1.165) is 30.5 Å². The Morgan fingerprint density at radius 3 is 2.37 bits per heavy atom. The molecule has 5 heteroatoms. The molecule has 1 N–H and O–H groups in total. The molecule has 0 aromatic heterocycles. The van der Waals surface area contributed by atoms with Gasteiger partial charge in [0, 0.05) is 19.0 Å². The van der Waals surface area contributed by atoms with Crippen LogP contribution >= 0.6 is 0 Å². The van der Waals surface area contributed by atoms with Crippen molar-refractivity contribution >= 4 is 12.2 Å². The van der Waals surface area contributed by atoms with Crippen molar-refractivity contribution in [2.45, 2.75) is 18.8 Å². The lowest BCUT2D eigenvalue weighted by Gasteiger charge is -2.29. The van der Waals surface area contributed by atoms with E-state index >= 15 is 0 Å². The third-order valence-electron chi connectivity index (χ3n) is 4.96. The molecule has 0 aliphatic carbocycles. The smallest absolute Gasteiger partial charge is 0.307 e. The molecule has 0 unspecified atom stereocenters. The minimum absolute atomic E-state index is 0.0405. The van der Waals surface area contributed by atoms with Crippen LogP contribution in [0.25, 0.3) is 0 Å². The molecule has 1 fully saturated rings. The Morgan fingerprint density at radius 1 is 1.15 bits per heavy atom. The van der Waals surface area contributed by atoms with Crippen LogP contribution in [-0.4, -0.2) is 48.4 Å². The highest BCUT2D eigenvalue weighted by atomic mass is 16.6. The Bertz CT molecular complexity index is 694. The minimum atomic E-state index is -0.702. The lowest BCUT2D eigenvalue weighted by molar-refractivity contribution is -0.143. The minimum Gasteiger partial charge on any atom is -0.481 e. The van der Waals surface area contributed by atoms with Crippen molar-refractivity contribution in [1.29, 1.82) is 0 Å². The number of carboxylic acids is 1. The molecule has 2 aromatic rings. The number of rotatable bonds is 8. The van der Waals surface area contributed by atoms with Gasteiger partial charge in [0.2, 0.25) is 0 Å². The van der Waals surface area contributed by atoms with Gasteiger partial charge in [-0.25, -0.2) is 0 Å². The predicted molar refractivity (Wildman–Crippen MR) is 106 cm³/mol. The third kappa shape index (κ3) is 5.66. The fraction of sp³-hybridized carbons (Fsp3) is 0.364. The number of oxime groups is 1. The molecule has 2 aromatic carbocycles. The summed E-state index contributed by atoms with van der Waals surface area (Å²) in [6.07, 6.45) is 3.52. The second-order valence-corrected chi connectivity index (χ2v) is 6.86. The van der Waals surface area contributed by atoms with Gasteiger partial charge < -0.3 is 9.94 Å². The Kier molecular flexibility index (Phi) is 6.99. The average molecular weight is 366 g/mol. The average Bonchev–Trinajstić information content (AvgIpc) is 2.72. The molecule has 0 saturated carbocycles. The van der Waals surface area contributed by atoms with Crippen LogP contribution in [-0.2, 0) is 9.63 Å². The van der Waals surface area contributed by atoms with Gasteiger partial charge in [-0.3, -0.25) is 9.69 Å². The summed E-state index contributed by atoms with van der Waals surface area (Å²) in [5, 5.41) is 13.4. The summed E-state index contributed by atoms with van der Waals surface area (Å²) in [5.74, 6) is -0.922. The van der Waals surface area contributed by atoms with E-state index in [9.17, 15) is 4.79 Å². The predicted octanol–water partition coefficient (Wildman–Crippen LogP) is 3.62. The van der Waals surface area contributed by atoms with Gasteiger partial charge in [-0.1, -0.05) is 65.8 Å². The van der Waals surface area contributed by atoms with Crippen molar-refractivity contribution in [2.24, 2.45) is 11.1 Å². The van der Waals surface area contributed by atoms with Crippen LogP contribution in [0.15, 0.2) is 65.8 Å². The summed E-state index contributed by atoms with van der Waals surface area (Å²) in [4.78, 5) is 18.8. The zero-order chi connectivity index (χ0) is 18.9. The molecule has 27 heavy (non-hydrogen) atoms. The number of carboxylic acid groups (broad SMARTS) is 1. The number of likely N-dealkylation sites (tertiary alicyclic amines) is 1. The molecule has 0 bridgehead atoms. The maximum Gasteiger partial charge on any atom is 0.307 e. The van der Waals surface area contributed by atoms with Gasteiger partial charge in [-0.05, 0) is 30.5 Å². The quantitative estimate of drug-likeness (QED) is 0.440. The fourth-order valence-electron chi connectivity index (χ4n) is 3.47. The highest BCUT2D eigenvalue weighted by Crippen LogP contribution is 2.22. The molecule has 0 radical (unpaired) electrons. The molecule has 0 amide bonds. The van der Waals surface area contributed by atoms with E-state index in [4.69, 9.17) is 9.94 Å². The van der Waals surface area contributed by atoms with Gasteiger partial charge in [-0.2, -0.15) is 0 Å². The van der Waals surface area contributed by atoms with E-state index < -0.39 is 5.97 Å². The first-order valence-electron chi connectivity index (χ1n) is 9.44. The molecule has 1 aliphatic rings. The Labute approximate surface area is 160 Å². The molecule has 0 spiro atoms. The highest BCUT2D eigenvalue weighted by Gasteiger charge is 2.24. The van der Waals surface area contributed by atoms with E-state index in [-0.39, 0.29) is 11.8 Å². The van der Waals surface area contributed by atoms with Gasteiger partial charge in [0.1, 0.15) is 6.61 Å². The summed E-state index contributed by atoms with van der Waals surface area (Å²) in [6.45, 7) is 2.67. The number of hydrogen-bond donors (Lipinski definition) is 1. The maximum absolute atomic E-state index is 11.1. The van der Waals surface area contributed by atoms with E-state index in [1.165, 1.54) is 0 Å². The number of piperidine rings is 1. The number of aliphatic carboxylic acids is 1. The molecule has 3 rings (SSSR count). The Balaban J connectivity index is 1.54. The Hall–Kier alpha value is -2.66. The van der Waals surface area contributed by atoms with Crippen molar-refractivity contribution in [3.63, 3.8) is 0 Å². The second-order valence-electron chi connectivity index (χ2n) is 6.86. The maximum atomic E-state index is 11.1. The molecule has 142 valence electrons. The highest BCUT2D eigenvalue weighted by molar-refractivity contribution is 5.72. The van der Waals surface area contributed by atoms with Crippen LogP contribution in [0, 0.1) is 5.92 Å². The van der Waals surface area contributed by atoms with Gasteiger partial charge in [-0.15, -0.1) is 0 Å². The first-order chi connectivity index (χ1) is 13.2. The lowest BCUT2D eigenvalue weighted by atomic mass is 9.92. The molecular weight excluding hydrogens is 340 g/mol. The second kappa shape index (κ2) is 9.88. The van der Waals surface area contributed by atoms with Crippen LogP contribution in [0.3, 0.4) is 0 Å². The van der Waals surface area contributed by atoms with Crippen molar-refractivity contribution < 1.29 is 14.7 Å². The van der Waals surface area contributed by atoms with E-state index in [2.05, 4.69) is 34.3 Å². The van der Waals surface area contributed by atoms with Crippen molar-refractivity contribution in [3.8, 4) is 0 Å². The third-order valence-corrected chi connectivity index (χ3v) is 4.96. The monoisotopic (exact) mass is 366 g/mol. The summed E-state index contributed by atoms with van der Waals surface area (Å²) < 4.78 is 0. The molecule has 1 aliphatic heterocycles. The summed E-state index contributed by atoms with van der Waals surface area (Å²) >= 11 is 0. The standard InChI is InChI=1S/C22H26N2O3/c25-22(26)20-12-7-13-24(17-20)14-15-27-23-16-21(18-8-3-1-4-9-18)19-10-5-2-6-11-19/h1-6,8-11,16,20-21H,7,12-15,17H2,(H,25,26)/b23-16-/t20-/m1/s1. The van der Waals surface area contributed by atoms with Crippen LogP contribution < -0.4 is 0 Å². The van der Waals surface area contributed by atoms with E-state index in [1.54, 1.807) is 0 Å². The van der Waals surface area contributed by atoms with Gasteiger partial charge in [0.15, 0.2) is 0 Å². The number of nitrogens with zero attached hydrogens (tertiary/aromatic N) is 2. The first-order valence-corrected chi connectivity index (χ1v) is 9.44. The number of carbonyl (C=O) groups is 1. The van der Waals surface area contributed by atoms with E-state index in [0.29, 0.717) is 19.7 Å². The number of benzene rings is 2. The molecule has 1 atom stereocenters. The fourth-order valence-corrected chi connectivity index (χ4v) is 3.47. The lowest BCUT2D eigenvalue weighted by Crippen LogP contribution is -2.40. The zero-order valence-electron chi connectivity index (χ0n) is 15.4. The Morgan fingerprint density at radius 2 is 1.78 bits per heavy atom. The van der Waals surface area contributed by atoms with Crippen molar-refractivity contribution in [1.82, 2.24) is 4.90 Å². The zero-order valence-corrected chi connectivity index (χ0v) is 15.4. The molecule has 1 saturated heterocycles. The SMILES string of the molecule is O=C(O)[C@@H]1CCCN(CCO/N=C\C(c2ccccc2)c2ccccc2)C1. The van der Waals surface area contributed by atoms with Crippen molar-refractivity contribution in [2.75, 3.05) is 26.2 Å². The summed E-state index contributed by atoms with van der Waals surface area (Å²) in [5.41, 5.74) is 2.33. The van der Waals surface area contributed by atoms with Crippen LogP contribution in [0.2, 0.25) is 0 Å². The van der Waals surface area contributed by atoms with Gasteiger partial charge in [0.05, 0.1) is 12.1 Å². The van der Waals surface area contributed by atoms with Crippen LogP contribution in [0.1, 0.15) is 29.9 Å². The molecular formula is C22H26N2O3. The number of hydrogen-bond acceptors (Lipinski definition) is 4. The van der Waals surface area contributed by atoms with Gasteiger partial charge >= 0.3 is 5.97 Å². The van der Waals surface area contributed by atoms with Crippen molar-refractivity contribution in [3.05, 3.63) is 71.8 Å². The van der Waals surface area contributed by atoms with E-state index in [1.807, 2.05) is 42.6 Å². The first kappa shape index (κ1) is 19.1. The van der Waals surface area contributed by atoms with Crippen LogP contribution in [0.5, 0.6) is 0 Å². The molecule has 5 nitrogen and oxygen atoms in total. The normalized spacial score (nSPS) is 18.0. The van der Waals surface area contributed by atoms with Gasteiger partial charge in [0.25, 0.3) is 0 Å². The topological polar surface area (TPSA) is 62.1 Å². The summed E-state index contributed by atoms with van der Waals surface area (Å²) in [7, 11) is 0. The van der Waals surface area contributed by atoms with Crippen LogP contribution in [0.4, 0.5) is 0 Å². The summed E-state index contributed by atoms with van der Waals surface area (Å²) in [6, 6.07) is 20.4.